The number of allylic oxidation sites excluding steroid dienone is 2. The van der Waals surface area contributed by atoms with E-state index in [1.165, 1.54) is 6.42 Å². The number of hydrogen-bond acceptors (Lipinski definition) is 3. The van der Waals surface area contributed by atoms with E-state index >= 15 is 0 Å². The quantitative estimate of drug-likeness (QED) is 0.718. The summed E-state index contributed by atoms with van der Waals surface area (Å²) in [4.78, 5) is 2.30. The van der Waals surface area contributed by atoms with Crippen LogP contribution in [0.1, 0.15) is 41.0 Å². The van der Waals surface area contributed by atoms with Crippen molar-refractivity contribution < 1.29 is 9.31 Å². The van der Waals surface area contributed by atoms with Gasteiger partial charge in [-0.25, -0.2) is 0 Å². The van der Waals surface area contributed by atoms with Crippen molar-refractivity contribution in [1.29, 1.82) is 0 Å². The molecule has 2 heterocycles. The molecule has 4 heteroatoms. The van der Waals surface area contributed by atoms with E-state index in [4.69, 9.17) is 9.31 Å². The first kappa shape index (κ1) is 13.7. The normalized spacial score (nSPS) is 25.5. The molecule has 0 aromatic rings. The average molecular weight is 249 g/mol. The molecule has 0 aromatic heterocycles. The summed E-state index contributed by atoms with van der Waals surface area (Å²) >= 11 is 0. The highest BCUT2D eigenvalue weighted by molar-refractivity contribution is 6.55. The molecule has 0 N–H and O–H groups in total. The molecule has 2 rings (SSSR count). The maximum absolute atomic E-state index is 6.04. The summed E-state index contributed by atoms with van der Waals surface area (Å²) in [6, 6.07) is 0. The topological polar surface area (TPSA) is 21.7 Å². The molecule has 1 saturated heterocycles. The molecule has 1 fully saturated rings. The van der Waals surface area contributed by atoms with Crippen molar-refractivity contribution in [1.82, 2.24) is 4.90 Å². The van der Waals surface area contributed by atoms with Gasteiger partial charge in [-0.1, -0.05) is 13.0 Å². The fourth-order valence-electron chi connectivity index (χ4n) is 2.15. The Morgan fingerprint density at radius 2 is 1.83 bits per heavy atom. The van der Waals surface area contributed by atoms with Crippen LogP contribution >= 0.6 is 0 Å². The molecule has 0 spiro atoms. The Balaban J connectivity index is 2.02. The molecule has 2 aliphatic rings. The molecule has 0 unspecified atom stereocenters. The molecular weight excluding hydrogens is 225 g/mol. The SMILES string of the molecule is CCCN1C=CC(B2OC(C)(C)C(C)(C)O2)=CC1. The molecular formula is C14H24BNO2. The van der Waals surface area contributed by atoms with Crippen LogP contribution in [0, 0.1) is 0 Å². The fraction of sp³-hybridized carbons (Fsp3) is 0.714. The van der Waals surface area contributed by atoms with E-state index in [0.29, 0.717) is 0 Å². The van der Waals surface area contributed by atoms with Gasteiger partial charge in [0.1, 0.15) is 0 Å². The average Bonchev–Trinajstić information content (AvgIpc) is 2.50. The molecule has 0 aromatic carbocycles. The Morgan fingerprint density at radius 3 is 2.28 bits per heavy atom. The molecule has 0 bridgehead atoms. The monoisotopic (exact) mass is 249 g/mol. The van der Waals surface area contributed by atoms with Gasteiger partial charge in [0.25, 0.3) is 0 Å². The minimum absolute atomic E-state index is 0.227. The van der Waals surface area contributed by atoms with Crippen molar-refractivity contribution >= 4 is 7.12 Å². The molecule has 0 atom stereocenters. The van der Waals surface area contributed by atoms with Crippen LogP contribution in [0.5, 0.6) is 0 Å². The standard InChI is InChI=1S/C14H24BNO2/c1-6-9-16-10-7-12(8-11-16)15-17-13(2,3)14(4,5)18-15/h7-8,10H,6,9,11H2,1-5H3. The van der Waals surface area contributed by atoms with Crippen LogP contribution in [0.15, 0.2) is 23.8 Å². The first-order valence-corrected chi connectivity index (χ1v) is 6.84. The highest BCUT2D eigenvalue weighted by atomic mass is 16.7. The number of rotatable bonds is 3. The minimum atomic E-state index is -0.257. The highest BCUT2D eigenvalue weighted by Crippen LogP contribution is 2.38. The number of hydrogen-bond donors (Lipinski definition) is 0. The van der Waals surface area contributed by atoms with Crippen molar-refractivity contribution in [2.24, 2.45) is 0 Å². The molecule has 3 nitrogen and oxygen atoms in total. The van der Waals surface area contributed by atoms with Gasteiger partial charge in [0.15, 0.2) is 0 Å². The van der Waals surface area contributed by atoms with Gasteiger partial charge < -0.3 is 14.2 Å². The molecule has 0 aliphatic carbocycles. The Hall–Kier alpha value is -0.735. The predicted molar refractivity (Wildman–Crippen MR) is 75.2 cm³/mol. The van der Waals surface area contributed by atoms with Crippen molar-refractivity contribution in [3.8, 4) is 0 Å². The summed E-state index contributed by atoms with van der Waals surface area (Å²) in [5.41, 5.74) is 0.626. The lowest BCUT2D eigenvalue weighted by molar-refractivity contribution is 0.00578. The lowest BCUT2D eigenvalue weighted by atomic mass is 9.77. The summed E-state index contributed by atoms with van der Waals surface area (Å²) in [6.07, 6.45) is 7.63. The Morgan fingerprint density at radius 1 is 1.22 bits per heavy atom. The third-order valence-corrected chi connectivity index (χ3v) is 4.08. The van der Waals surface area contributed by atoms with Gasteiger partial charge >= 0.3 is 7.12 Å². The van der Waals surface area contributed by atoms with Crippen molar-refractivity contribution in [2.75, 3.05) is 13.1 Å². The second-order valence-corrected chi connectivity index (χ2v) is 6.10. The van der Waals surface area contributed by atoms with Crippen molar-refractivity contribution in [3.05, 3.63) is 23.8 Å². The van der Waals surface area contributed by atoms with Gasteiger partial charge in [0, 0.05) is 13.1 Å². The van der Waals surface area contributed by atoms with E-state index in [1.807, 2.05) is 0 Å². The van der Waals surface area contributed by atoms with E-state index in [9.17, 15) is 0 Å². The van der Waals surface area contributed by atoms with Crippen LogP contribution in [0.25, 0.3) is 0 Å². The Labute approximate surface area is 111 Å². The van der Waals surface area contributed by atoms with Gasteiger partial charge in [0.2, 0.25) is 0 Å². The highest BCUT2D eigenvalue weighted by Gasteiger charge is 2.52. The van der Waals surface area contributed by atoms with Crippen molar-refractivity contribution in [2.45, 2.75) is 52.2 Å². The first-order chi connectivity index (χ1) is 8.36. The van der Waals surface area contributed by atoms with E-state index in [-0.39, 0.29) is 18.3 Å². The third-order valence-electron chi connectivity index (χ3n) is 4.08. The van der Waals surface area contributed by atoms with Crippen molar-refractivity contribution in [3.63, 3.8) is 0 Å². The zero-order valence-electron chi connectivity index (χ0n) is 12.2. The molecule has 0 radical (unpaired) electrons. The lowest BCUT2D eigenvalue weighted by Gasteiger charge is -2.32. The zero-order chi connectivity index (χ0) is 13.4. The van der Waals surface area contributed by atoms with E-state index in [0.717, 1.165) is 18.6 Å². The maximum atomic E-state index is 6.04. The van der Waals surface area contributed by atoms with E-state index < -0.39 is 0 Å². The summed E-state index contributed by atoms with van der Waals surface area (Å²) in [5, 5.41) is 0. The number of nitrogens with zero attached hydrogens (tertiary/aromatic N) is 1. The largest absolute Gasteiger partial charge is 0.494 e. The van der Waals surface area contributed by atoms with Gasteiger partial charge in [-0.2, -0.15) is 0 Å². The predicted octanol–water partition coefficient (Wildman–Crippen LogP) is 2.78. The van der Waals surface area contributed by atoms with E-state index in [1.54, 1.807) is 0 Å². The fourth-order valence-corrected chi connectivity index (χ4v) is 2.15. The zero-order valence-corrected chi connectivity index (χ0v) is 12.2. The minimum Gasteiger partial charge on any atom is -0.399 e. The lowest BCUT2D eigenvalue weighted by Crippen LogP contribution is -2.41. The van der Waals surface area contributed by atoms with Gasteiger partial charge in [-0.05, 0) is 51.9 Å². The van der Waals surface area contributed by atoms with Crippen LogP contribution in [0.3, 0.4) is 0 Å². The molecule has 18 heavy (non-hydrogen) atoms. The maximum Gasteiger partial charge on any atom is 0.494 e. The summed E-state index contributed by atoms with van der Waals surface area (Å²) < 4.78 is 12.1. The second kappa shape index (κ2) is 4.74. The molecule has 0 amide bonds. The van der Waals surface area contributed by atoms with Crippen LogP contribution in [0.2, 0.25) is 0 Å². The second-order valence-electron chi connectivity index (χ2n) is 6.10. The van der Waals surface area contributed by atoms with Crippen LogP contribution in [0.4, 0.5) is 0 Å². The Bertz CT molecular complexity index is 358. The summed E-state index contributed by atoms with van der Waals surface area (Å²) in [7, 11) is -0.227. The smallest absolute Gasteiger partial charge is 0.399 e. The first-order valence-electron chi connectivity index (χ1n) is 6.84. The van der Waals surface area contributed by atoms with Gasteiger partial charge in [-0.3, -0.25) is 0 Å². The molecule has 0 saturated carbocycles. The van der Waals surface area contributed by atoms with Gasteiger partial charge in [-0.15, -0.1) is 0 Å². The summed E-state index contributed by atoms with van der Waals surface area (Å²) in [6.45, 7) is 12.6. The third kappa shape index (κ3) is 2.50. The molecule has 2 aliphatic heterocycles. The van der Waals surface area contributed by atoms with Crippen LogP contribution in [-0.2, 0) is 9.31 Å². The van der Waals surface area contributed by atoms with E-state index in [2.05, 4.69) is 57.9 Å². The summed E-state index contributed by atoms with van der Waals surface area (Å²) in [5.74, 6) is 0. The van der Waals surface area contributed by atoms with Crippen LogP contribution < -0.4 is 0 Å². The molecule has 100 valence electrons. The van der Waals surface area contributed by atoms with Crippen LogP contribution in [-0.4, -0.2) is 36.3 Å². The Kier molecular flexibility index (Phi) is 3.61. The van der Waals surface area contributed by atoms with Gasteiger partial charge in [0.05, 0.1) is 11.2 Å².